The average Bonchev–Trinajstić information content (AvgIpc) is 2.51. The number of hydrogen-bond donors (Lipinski definition) is 1. The van der Waals surface area contributed by atoms with Gasteiger partial charge in [0.2, 0.25) is 0 Å². The van der Waals surface area contributed by atoms with Gasteiger partial charge in [-0.25, -0.2) is 4.39 Å². The first kappa shape index (κ1) is 15.5. The lowest BCUT2D eigenvalue weighted by atomic mass is 10.1. The van der Waals surface area contributed by atoms with Crippen LogP contribution in [-0.4, -0.2) is 0 Å². The summed E-state index contributed by atoms with van der Waals surface area (Å²) in [6.45, 7) is 2.86. The van der Waals surface area contributed by atoms with Gasteiger partial charge in [0.15, 0.2) is 0 Å². The van der Waals surface area contributed by atoms with Crippen molar-refractivity contribution in [2.75, 3.05) is 0 Å². The topological polar surface area (TPSA) is 35.2 Å². The molecule has 0 unspecified atom stereocenters. The van der Waals surface area contributed by atoms with E-state index in [0.29, 0.717) is 13.2 Å². The highest BCUT2D eigenvalue weighted by atomic mass is 19.1. The summed E-state index contributed by atoms with van der Waals surface area (Å²) in [5.41, 5.74) is 8.44. The second-order valence-corrected chi connectivity index (χ2v) is 5.21. The highest BCUT2D eigenvalue weighted by molar-refractivity contribution is 5.29. The summed E-state index contributed by atoms with van der Waals surface area (Å²) in [4.78, 5) is 0. The van der Waals surface area contributed by atoms with Crippen molar-refractivity contribution in [3.05, 3.63) is 65.0 Å². The molecule has 0 amide bonds. The Kier molecular flexibility index (Phi) is 5.76. The molecule has 0 aliphatic carbocycles. The van der Waals surface area contributed by atoms with Crippen molar-refractivity contribution in [2.45, 2.75) is 39.3 Å². The van der Waals surface area contributed by atoms with Gasteiger partial charge in [-0.15, -0.1) is 0 Å². The molecule has 0 aliphatic rings. The smallest absolute Gasteiger partial charge is 0.123 e. The molecule has 0 spiro atoms. The molecule has 0 saturated carbocycles. The van der Waals surface area contributed by atoms with E-state index in [9.17, 15) is 4.39 Å². The third kappa shape index (κ3) is 4.87. The molecule has 0 saturated heterocycles. The van der Waals surface area contributed by atoms with Crippen molar-refractivity contribution in [3.8, 4) is 5.75 Å². The quantitative estimate of drug-likeness (QED) is 0.828. The van der Waals surface area contributed by atoms with E-state index in [1.807, 2.05) is 18.2 Å². The van der Waals surface area contributed by atoms with Crippen molar-refractivity contribution in [2.24, 2.45) is 5.73 Å². The van der Waals surface area contributed by atoms with Gasteiger partial charge in [0.05, 0.1) is 0 Å². The molecule has 21 heavy (non-hydrogen) atoms. The fourth-order valence-electron chi connectivity index (χ4n) is 2.22. The summed E-state index contributed by atoms with van der Waals surface area (Å²) in [5.74, 6) is 0.528. The van der Waals surface area contributed by atoms with Crippen LogP contribution in [0.3, 0.4) is 0 Å². The van der Waals surface area contributed by atoms with Crippen LogP contribution in [-0.2, 0) is 19.6 Å². The SMILES string of the molecule is CCCCc1ccc(OCc2cc(F)cc(CN)c2)cc1. The molecule has 0 aliphatic heterocycles. The molecule has 0 bridgehead atoms. The third-order valence-corrected chi connectivity index (χ3v) is 3.40. The average molecular weight is 287 g/mol. The van der Waals surface area contributed by atoms with Crippen LogP contribution in [0, 0.1) is 5.82 Å². The van der Waals surface area contributed by atoms with Crippen LogP contribution < -0.4 is 10.5 Å². The summed E-state index contributed by atoms with van der Waals surface area (Å²) >= 11 is 0. The Hall–Kier alpha value is -1.87. The first-order valence-electron chi connectivity index (χ1n) is 7.41. The van der Waals surface area contributed by atoms with Crippen LogP contribution in [0.1, 0.15) is 36.5 Å². The third-order valence-electron chi connectivity index (χ3n) is 3.40. The maximum Gasteiger partial charge on any atom is 0.123 e. The molecule has 2 N–H and O–H groups in total. The van der Waals surface area contributed by atoms with Crippen LogP contribution >= 0.6 is 0 Å². The summed E-state index contributed by atoms with van der Waals surface area (Å²) < 4.78 is 19.1. The monoisotopic (exact) mass is 287 g/mol. The molecule has 2 rings (SSSR count). The van der Waals surface area contributed by atoms with Gasteiger partial charge in [0.25, 0.3) is 0 Å². The number of rotatable bonds is 7. The Morgan fingerprint density at radius 2 is 1.71 bits per heavy atom. The Morgan fingerprint density at radius 3 is 2.38 bits per heavy atom. The van der Waals surface area contributed by atoms with Crippen LogP contribution in [0.4, 0.5) is 4.39 Å². The second-order valence-electron chi connectivity index (χ2n) is 5.21. The van der Waals surface area contributed by atoms with Gasteiger partial charge in [0.1, 0.15) is 18.2 Å². The van der Waals surface area contributed by atoms with Crippen molar-refractivity contribution in [3.63, 3.8) is 0 Å². The van der Waals surface area contributed by atoms with Gasteiger partial charge < -0.3 is 10.5 Å². The number of halogens is 1. The number of benzene rings is 2. The van der Waals surface area contributed by atoms with Crippen LogP contribution in [0.25, 0.3) is 0 Å². The summed E-state index contributed by atoms with van der Waals surface area (Å²) in [6, 6.07) is 12.9. The van der Waals surface area contributed by atoms with Gasteiger partial charge in [-0.2, -0.15) is 0 Å². The van der Waals surface area contributed by atoms with Gasteiger partial charge in [0, 0.05) is 6.54 Å². The number of aryl methyl sites for hydroxylation is 1. The Morgan fingerprint density at radius 1 is 1.00 bits per heavy atom. The minimum atomic E-state index is -0.272. The lowest BCUT2D eigenvalue weighted by Crippen LogP contribution is -2.01. The Balaban J connectivity index is 1.95. The minimum absolute atomic E-state index is 0.272. The number of hydrogen-bond acceptors (Lipinski definition) is 2. The standard InChI is InChI=1S/C18H22FNO/c1-2-3-4-14-5-7-18(8-6-14)21-13-16-9-15(12-20)10-17(19)11-16/h5-11H,2-4,12-13,20H2,1H3. The molecule has 0 fully saturated rings. The van der Waals surface area contributed by atoms with E-state index in [0.717, 1.165) is 23.3 Å². The maximum atomic E-state index is 13.4. The molecule has 2 aromatic carbocycles. The fraction of sp³-hybridized carbons (Fsp3) is 0.333. The molecule has 112 valence electrons. The minimum Gasteiger partial charge on any atom is -0.489 e. The van der Waals surface area contributed by atoms with E-state index in [4.69, 9.17) is 10.5 Å². The van der Waals surface area contributed by atoms with Gasteiger partial charge in [-0.1, -0.05) is 31.5 Å². The molecular formula is C18H22FNO. The van der Waals surface area contributed by atoms with E-state index >= 15 is 0 Å². The van der Waals surface area contributed by atoms with Crippen molar-refractivity contribution < 1.29 is 9.13 Å². The van der Waals surface area contributed by atoms with Gasteiger partial charge in [-0.3, -0.25) is 0 Å². The van der Waals surface area contributed by atoms with Crippen LogP contribution in [0.2, 0.25) is 0 Å². The van der Waals surface area contributed by atoms with E-state index in [1.165, 1.54) is 30.5 Å². The fourth-order valence-corrected chi connectivity index (χ4v) is 2.22. The molecule has 3 heteroatoms. The number of ether oxygens (including phenoxy) is 1. The van der Waals surface area contributed by atoms with Gasteiger partial charge >= 0.3 is 0 Å². The Labute approximate surface area is 125 Å². The summed E-state index contributed by atoms with van der Waals surface area (Å²) in [6.07, 6.45) is 3.49. The van der Waals surface area contributed by atoms with E-state index < -0.39 is 0 Å². The Bertz CT molecular complexity index is 566. The van der Waals surface area contributed by atoms with Crippen LogP contribution in [0.5, 0.6) is 5.75 Å². The molecule has 0 aromatic heterocycles. The normalized spacial score (nSPS) is 10.6. The van der Waals surface area contributed by atoms with Crippen molar-refractivity contribution in [1.82, 2.24) is 0 Å². The van der Waals surface area contributed by atoms with E-state index in [2.05, 4.69) is 19.1 Å². The highest BCUT2D eigenvalue weighted by Gasteiger charge is 2.02. The summed E-state index contributed by atoms with van der Waals surface area (Å²) in [7, 11) is 0. The first-order valence-corrected chi connectivity index (χ1v) is 7.41. The molecule has 2 nitrogen and oxygen atoms in total. The van der Waals surface area contributed by atoms with E-state index in [-0.39, 0.29) is 5.82 Å². The zero-order valence-corrected chi connectivity index (χ0v) is 12.4. The molecular weight excluding hydrogens is 265 g/mol. The lowest BCUT2D eigenvalue weighted by molar-refractivity contribution is 0.305. The second kappa shape index (κ2) is 7.79. The van der Waals surface area contributed by atoms with Crippen molar-refractivity contribution in [1.29, 1.82) is 0 Å². The number of unbranched alkanes of at least 4 members (excludes halogenated alkanes) is 1. The van der Waals surface area contributed by atoms with E-state index in [1.54, 1.807) is 0 Å². The predicted molar refractivity (Wildman–Crippen MR) is 83.7 cm³/mol. The van der Waals surface area contributed by atoms with Gasteiger partial charge in [-0.05, 0) is 53.8 Å². The zero-order valence-electron chi connectivity index (χ0n) is 12.4. The highest BCUT2D eigenvalue weighted by Crippen LogP contribution is 2.17. The van der Waals surface area contributed by atoms with Crippen molar-refractivity contribution >= 4 is 0 Å². The molecule has 0 heterocycles. The largest absolute Gasteiger partial charge is 0.489 e. The first-order chi connectivity index (χ1) is 10.2. The van der Waals surface area contributed by atoms with Crippen LogP contribution in [0.15, 0.2) is 42.5 Å². The molecule has 0 atom stereocenters. The lowest BCUT2D eigenvalue weighted by Gasteiger charge is -2.09. The number of nitrogens with two attached hydrogens (primary N) is 1. The summed E-state index contributed by atoms with van der Waals surface area (Å²) in [5, 5.41) is 0. The predicted octanol–water partition coefficient (Wildman–Crippen LogP) is 4.21. The molecule has 2 aromatic rings. The zero-order chi connectivity index (χ0) is 15.1. The maximum absolute atomic E-state index is 13.4. The molecule has 0 radical (unpaired) electrons.